The minimum atomic E-state index is -1.08. The van der Waals surface area contributed by atoms with Crippen LogP contribution >= 0.6 is 0 Å². The van der Waals surface area contributed by atoms with Crippen molar-refractivity contribution in [3.05, 3.63) is 0 Å². The summed E-state index contributed by atoms with van der Waals surface area (Å²) in [6.45, 7) is 6.09. The Morgan fingerprint density at radius 2 is 1.37 bits per heavy atom. The molecule has 0 fully saturated rings. The van der Waals surface area contributed by atoms with Crippen molar-refractivity contribution >= 4 is 5.97 Å². The Kier molecular flexibility index (Phi) is 21.5. The largest absolute Gasteiger partial charge is 0.550 e. The van der Waals surface area contributed by atoms with Crippen molar-refractivity contribution in [3.63, 3.8) is 0 Å². The van der Waals surface area contributed by atoms with E-state index in [9.17, 15) is 0 Å². The summed E-state index contributed by atoms with van der Waals surface area (Å²) in [5.74, 6) is -1.08. The molecule has 3 N–H and O–H groups in total. The van der Waals surface area contributed by atoms with E-state index in [-0.39, 0.29) is 0 Å². The number of carboxylic acids is 1. The molecule has 0 spiro atoms. The van der Waals surface area contributed by atoms with Crippen LogP contribution in [0.4, 0.5) is 0 Å². The van der Waals surface area contributed by atoms with Crippen LogP contribution in [0.2, 0.25) is 0 Å². The molecule has 0 unspecified atom stereocenters. The number of ether oxygens (including phenoxy) is 1. The molecule has 0 heterocycles. The second-order valence-corrected chi connectivity index (χ2v) is 4.79. The molecule has 0 bridgehead atoms. The highest BCUT2D eigenvalue weighted by atomic mass is 16.5. The molecule has 116 valence electrons. The summed E-state index contributed by atoms with van der Waals surface area (Å²) in [5.41, 5.74) is 3.79. The van der Waals surface area contributed by atoms with Crippen molar-refractivity contribution < 1.29 is 20.4 Å². The minimum absolute atomic E-state index is 0.903. The van der Waals surface area contributed by atoms with Crippen molar-refractivity contribution in [2.24, 2.45) is 0 Å². The van der Waals surface area contributed by atoms with Crippen LogP contribution in [0.5, 0.6) is 0 Å². The Hall–Kier alpha value is -0.610. The van der Waals surface area contributed by atoms with Gasteiger partial charge in [0.05, 0.1) is 13.2 Å². The van der Waals surface area contributed by atoms with Gasteiger partial charge in [-0.2, -0.15) is 0 Å². The molecule has 0 aromatic heterocycles. The molecule has 4 nitrogen and oxygen atoms in total. The molecule has 0 aromatic rings. The molecule has 0 radical (unpaired) electrons. The molecule has 0 aliphatic rings. The number of aliphatic carboxylic acids is 1. The number of quaternary nitrogens is 1. The molecule has 19 heavy (non-hydrogen) atoms. The topological polar surface area (TPSA) is 77.0 Å². The zero-order valence-electron chi connectivity index (χ0n) is 12.9. The van der Waals surface area contributed by atoms with E-state index in [0.717, 1.165) is 33.1 Å². The van der Waals surface area contributed by atoms with E-state index in [1.807, 2.05) is 0 Å². The first kappa shape index (κ1) is 20.7. The number of carbonyl (C=O) groups is 1. The summed E-state index contributed by atoms with van der Waals surface area (Å²) in [4.78, 5) is 8.89. The third-order valence-corrected chi connectivity index (χ3v) is 2.68. The van der Waals surface area contributed by atoms with Gasteiger partial charge in [-0.05, 0) is 13.3 Å². The molecule has 0 saturated carbocycles. The fourth-order valence-electron chi connectivity index (χ4n) is 1.64. The molecule has 0 aromatic carbocycles. The van der Waals surface area contributed by atoms with Crippen molar-refractivity contribution in [3.8, 4) is 0 Å². The minimum Gasteiger partial charge on any atom is -0.550 e. The van der Waals surface area contributed by atoms with Crippen molar-refractivity contribution in [1.82, 2.24) is 0 Å². The first-order chi connectivity index (χ1) is 9.15. The van der Waals surface area contributed by atoms with Gasteiger partial charge in [-0.1, -0.05) is 51.9 Å². The van der Waals surface area contributed by atoms with Crippen LogP contribution in [0.3, 0.4) is 0 Å². The van der Waals surface area contributed by atoms with E-state index in [4.69, 9.17) is 14.6 Å². The molecule has 0 aliphatic carbocycles. The van der Waals surface area contributed by atoms with Gasteiger partial charge in [0.25, 0.3) is 0 Å². The highest BCUT2D eigenvalue weighted by Gasteiger charge is 1.92. The second-order valence-electron chi connectivity index (χ2n) is 4.79. The van der Waals surface area contributed by atoms with Gasteiger partial charge in [-0.15, -0.1) is 0 Å². The van der Waals surface area contributed by atoms with Crippen LogP contribution in [0.1, 0.15) is 71.6 Å². The van der Waals surface area contributed by atoms with E-state index in [2.05, 4.69) is 12.7 Å². The van der Waals surface area contributed by atoms with Crippen LogP contribution in [0, 0.1) is 0 Å². The zero-order chi connectivity index (χ0) is 14.8. The van der Waals surface area contributed by atoms with E-state index < -0.39 is 5.97 Å². The fraction of sp³-hybridized carbons (Fsp3) is 0.933. The highest BCUT2D eigenvalue weighted by Crippen LogP contribution is 2.08. The Balaban J connectivity index is 0. The molecular formula is C15H33NO3. The summed E-state index contributed by atoms with van der Waals surface area (Å²) in [6, 6.07) is 0. The standard InChI is InChI=1S/C13H29NO.C2H4O2/c1-2-3-4-5-6-7-8-9-12-15-13-10-11-14;1-2(3)4/h2-14H2,1H3;1H3,(H,3,4). The van der Waals surface area contributed by atoms with E-state index in [1.54, 1.807) is 0 Å². The van der Waals surface area contributed by atoms with Crippen LogP contribution in [-0.2, 0) is 9.53 Å². The Morgan fingerprint density at radius 1 is 0.947 bits per heavy atom. The third-order valence-electron chi connectivity index (χ3n) is 2.68. The van der Waals surface area contributed by atoms with Gasteiger partial charge in [0, 0.05) is 19.0 Å². The quantitative estimate of drug-likeness (QED) is 0.549. The Morgan fingerprint density at radius 3 is 1.84 bits per heavy atom. The predicted octanol–water partition coefficient (Wildman–Crippen LogP) is 1.53. The molecule has 4 heteroatoms. The smallest absolute Gasteiger partial charge is 0.0762 e. The lowest BCUT2D eigenvalue weighted by atomic mass is 10.1. The van der Waals surface area contributed by atoms with Crippen LogP contribution in [0.25, 0.3) is 0 Å². The summed E-state index contributed by atoms with van der Waals surface area (Å²) in [6.07, 6.45) is 12.1. The summed E-state index contributed by atoms with van der Waals surface area (Å²) in [5, 5.41) is 8.89. The van der Waals surface area contributed by atoms with E-state index in [0.29, 0.717) is 0 Å². The number of carbonyl (C=O) groups excluding carboxylic acids is 1. The van der Waals surface area contributed by atoms with E-state index in [1.165, 1.54) is 51.4 Å². The number of carboxylic acid groups (broad SMARTS) is 1. The lowest BCUT2D eigenvalue weighted by Crippen LogP contribution is -2.50. The lowest BCUT2D eigenvalue weighted by molar-refractivity contribution is -0.369. The molecule has 0 rings (SSSR count). The van der Waals surface area contributed by atoms with Crippen LogP contribution < -0.4 is 10.8 Å². The van der Waals surface area contributed by atoms with Gasteiger partial charge >= 0.3 is 0 Å². The normalized spacial score (nSPS) is 9.84. The van der Waals surface area contributed by atoms with Gasteiger partial charge in [0.2, 0.25) is 0 Å². The zero-order valence-corrected chi connectivity index (χ0v) is 12.9. The van der Waals surface area contributed by atoms with Crippen LogP contribution in [0.15, 0.2) is 0 Å². The van der Waals surface area contributed by atoms with Crippen molar-refractivity contribution in [1.29, 1.82) is 0 Å². The fourth-order valence-corrected chi connectivity index (χ4v) is 1.64. The average Bonchev–Trinajstić information content (AvgIpc) is 2.35. The molecule has 0 amide bonds. The van der Waals surface area contributed by atoms with Crippen LogP contribution in [-0.4, -0.2) is 25.7 Å². The van der Waals surface area contributed by atoms with Gasteiger partial charge in [-0.3, -0.25) is 0 Å². The molecule has 0 atom stereocenters. The maximum atomic E-state index is 8.89. The first-order valence-corrected chi connectivity index (χ1v) is 7.69. The molecule has 0 saturated heterocycles. The predicted molar refractivity (Wildman–Crippen MR) is 76.5 cm³/mol. The van der Waals surface area contributed by atoms with E-state index >= 15 is 0 Å². The first-order valence-electron chi connectivity index (χ1n) is 7.69. The third kappa shape index (κ3) is 31.7. The Labute approximate surface area is 118 Å². The summed E-state index contributed by atoms with van der Waals surface area (Å²) < 4.78 is 5.48. The monoisotopic (exact) mass is 275 g/mol. The van der Waals surface area contributed by atoms with Gasteiger partial charge < -0.3 is 20.4 Å². The number of hydrogen-bond donors (Lipinski definition) is 1. The van der Waals surface area contributed by atoms with Crippen molar-refractivity contribution in [2.45, 2.75) is 71.6 Å². The number of hydrogen-bond acceptors (Lipinski definition) is 3. The SMILES string of the molecule is CC(=O)[O-].CCCCCCCCCCOCCC[NH3+]. The number of rotatable bonds is 12. The highest BCUT2D eigenvalue weighted by molar-refractivity contribution is 5.60. The maximum absolute atomic E-state index is 8.89. The molecule has 0 aliphatic heterocycles. The van der Waals surface area contributed by atoms with Gasteiger partial charge in [-0.25, -0.2) is 0 Å². The number of unbranched alkanes of at least 4 members (excludes halogenated alkanes) is 7. The summed E-state index contributed by atoms with van der Waals surface area (Å²) in [7, 11) is 0. The average molecular weight is 275 g/mol. The maximum Gasteiger partial charge on any atom is 0.0762 e. The van der Waals surface area contributed by atoms with Gasteiger partial charge in [0.1, 0.15) is 0 Å². The molecular weight excluding hydrogens is 242 g/mol. The Bertz CT molecular complexity index is 159. The lowest BCUT2D eigenvalue weighted by Gasteiger charge is -2.03. The summed E-state index contributed by atoms with van der Waals surface area (Å²) >= 11 is 0. The second kappa shape index (κ2) is 19.7. The van der Waals surface area contributed by atoms with Gasteiger partial charge in [0.15, 0.2) is 0 Å². The van der Waals surface area contributed by atoms with Crippen molar-refractivity contribution in [2.75, 3.05) is 19.8 Å².